The maximum absolute atomic E-state index is 11.9. The number of likely N-dealkylation sites (N-methyl/N-ethyl adjacent to an activating group) is 1. The van der Waals surface area contributed by atoms with E-state index in [0.717, 1.165) is 5.69 Å². The van der Waals surface area contributed by atoms with Gasteiger partial charge in [0.25, 0.3) is 0 Å². The molecule has 0 bridgehead atoms. The van der Waals surface area contributed by atoms with Crippen molar-refractivity contribution >= 4 is 17.4 Å². The highest BCUT2D eigenvalue weighted by Gasteiger charge is 2.26. The van der Waals surface area contributed by atoms with Crippen LogP contribution in [0.5, 0.6) is 0 Å². The first-order valence-corrected chi connectivity index (χ1v) is 6.45. The Morgan fingerprint density at radius 3 is 2.18 bits per heavy atom. The largest absolute Gasteiger partial charge is 0.345 e. The quantitative estimate of drug-likeness (QED) is 0.855. The minimum absolute atomic E-state index is 0.0606. The average Bonchev–Trinajstić information content (AvgIpc) is 2.88. The van der Waals surface area contributed by atoms with Crippen LogP contribution in [0.15, 0.2) is 35.5 Å². The van der Waals surface area contributed by atoms with Crippen LogP contribution in [0, 0.1) is 34.0 Å². The third-order valence-corrected chi connectivity index (χ3v) is 3.25. The molecule has 0 spiro atoms. The Morgan fingerprint density at radius 2 is 1.73 bits per heavy atom. The molecule has 108 valence electrons. The third kappa shape index (κ3) is 2.82. The molecule has 7 heteroatoms. The van der Waals surface area contributed by atoms with E-state index in [1.54, 1.807) is 59.3 Å². The SMILES string of the molecule is CN1CCN(c2ccc(NC(C#N)=C(C#N)C#N)cc2)C1=O. The van der Waals surface area contributed by atoms with Gasteiger partial charge in [-0.1, -0.05) is 0 Å². The maximum Gasteiger partial charge on any atom is 0.324 e. The second-order valence-electron chi connectivity index (χ2n) is 4.61. The Kier molecular flexibility index (Phi) is 4.27. The van der Waals surface area contributed by atoms with Crippen molar-refractivity contribution < 1.29 is 4.79 Å². The van der Waals surface area contributed by atoms with Crippen molar-refractivity contribution in [1.82, 2.24) is 4.90 Å². The lowest BCUT2D eigenvalue weighted by atomic mass is 10.2. The number of amides is 2. The predicted molar refractivity (Wildman–Crippen MR) is 79.3 cm³/mol. The van der Waals surface area contributed by atoms with Crippen LogP contribution in [0.1, 0.15) is 0 Å². The molecule has 1 heterocycles. The number of nitriles is 3. The molecular weight excluding hydrogens is 280 g/mol. The van der Waals surface area contributed by atoms with Crippen molar-refractivity contribution in [2.75, 3.05) is 30.4 Å². The van der Waals surface area contributed by atoms with Gasteiger partial charge in [-0.3, -0.25) is 4.90 Å². The number of nitrogens with one attached hydrogen (secondary N) is 1. The molecule has 1 aromatic rings. The van der Waals surface area contributed by atoms with Crippen LogP contribution in [0.25, 0.3) is 0 Å². The van der Waals surface area contributed by atoms with Crippen LogP contribution in [0.3, 0.4) is 0 Å². The van der Waals surface area contributed by atoms with Crippen molar-refractivity contribution in [3.63, 3.8) is 0 Å². The number of allylic oxidation sites excluding steroid dienone is 2. The lowest BCUT2D eigenvalue weighted by Crippen LogP contribution is -2.29. The zero-order chi connectivity index (χ0) is 16.1. The van der Waals surface area contributed by atoms with E-state index in [4.69, 9.17) is 15.8 Å². The maximum atomic E-state index is 11.9. The first kappa shape index (κ1) is 14.9. The lowest BCUT2D eigenvalue weighted by molar-refractivity contribution is 0.229. The summed E-state index contributed by atoms with van der Waals surface area (Å²) < 4.78 is 0. The highest BCUT2D eigenvalue weighted by molar-refractivity contribution is 5.94. The zero-order valence-corrected chi connectivity index (χ0v) is 11.9. The van der Waals surface area contributed by atoms with E-state index in [0.29, 0.717) is 18.8 Å². The third-order valence-electron chi connectivity index (χ3n) is 3.25. The summed E-state index contributed by atoms with van der Waals surface area (Å²) in [5, 5.41) is 29.3. The second kappa shape index (κ2) is 6.30. The first-order chi connectivity index (χ1) is 10.6. The number of benzene rings is 1. The van der Waals surface area contributed by atoms with E-state index in [-0.39, 0.29) is 17.3 Å². The molecule has 1 aliphatic heterocycles. The molecule has 0 radical (unpaired) electrons. The molecule has 1 aliphatic rings. The summed E-state index contributed by atoms with van der Waals surface area (Å²) in [6, 6.07) is 11.9. The van der Waals surface area contributed by atoms with Crippen LogP contribution in [0.2, 0.25) is 0 Å². The zero-order valence-electron chi connectivity index (χ0n) is 11.9. The van der Waals surface area contributed by atoms with Gasteiger partial charge < -0.3 is 10.2 Å². The van der Waals surface area contributed by atoms with Crippen molar-refractivity contribution in [2.45, 2.75) is 0 Å². The number of carbonyl (C=O) groups excluding carboxylic acids is 1. The minimum atomic E-state index is -0.275. The van der Waals surface area contributed by atoms with Crippen molar-refractivity contribution in [3.8, 4) is 18.2 Å². The molecule has 0 aromatic heterocycles. The molecule has 1 N–H and O–H groups in total. The van der Waals surface area contributed by atoms with Gasteiger partial charge in [0, 0.05) is 31.5 Å². The number of hydrogen-bond acceptors (Lipinski definition) is 5. The summed E-state index contributed by atoms with van der Waals surface area (Å²) in [5.41, 5.74) is 0.934. The van der Waals surface area contributed by atoms with Crippen LogP contribution in [0.4, 0.5) is 16.2 Å². The fourth-order valence-corrected chi connectivity index (χ4v) is 2.04. The van der Waals surface area contributed by atoms with Gasteiger partial charge in [0.15, 0.2) is 5.57 Å². The number of rotatable bonds is 3. The molecule has 2 rings (SSSR count). The van der Waals surface area contributed by atoms with Gasteiger partial charge in [0.05, 0.1) is 0 Å². The molecule has 1 aromatic carbocycles. The monoisotopic (exact) mass is 292 g/mol. The van der Waals surface area contributed by atoms with Crippen molar-refractivity contribution in [1.29, 1.82) is 15.8 Å². The predicted octanol–water partition coefficient (Wildman–Crippen LogP) is 1.80. The van der Waals surface area contributed by atoms with Gasteiger partial charge >= 0.3 is 6.03 Å². The summed E-state index contributed by atoms with van der Waals surface area (Å²) in [6.45, 7) is 1.30. The van der Waals surface area contributed by atoms with E-state index in [1.165, 1.54) is 0 Å². The van der Waals surface area contributed by atoms with Gasteiger partial charge in [0.1, 0.15) is 23.9 Å². The Labute approximate surface area is 127 Å². The molecule has 7 nitrogen and oxygen atoms in total. The molecule has 0 saturated carbocycles. The fraction of sp³-hybridized carbons (Fsp3) is 0.200. The molecule has 0 unspecified atom stereocenters. The summed E-state index contributed by atoms with van der Waals surface area (Å²) in [4.78, 5) is 15.2. The molecule has 22 heavy (non-hydrogen) atoms. The molecule has 1 fully saturated rings. The van der Waals surface area contributed by atoms with Crippen molar-refractivity contribution in [2.24, 2.45) is 0 Å². The minimum Gasteiger partial charge on any atom is -0.345 e. The summed E-state index contributed by atoms with van der Waals surface area (Å²) >= 11 is 0. The Balaban J connectivity index is 2.19. The van der Waals surface area contributed by atoms with Crippen molar-refractivity contribution in [3.05, 3.63) is 35.5 Å². The summed E-state index contributed by atoms with van der Waals surface area (Å²) in [5.74, 6) is 0. The van der Waals surface area contributed by atoms with Gasteiger partial charge in [-0.2, -0.15) is 15.8 Å². The number of urea groups is 1. The summed E-state index contributed by atoms with van der Waals surface area (Å²) in [6.07, 6.45) is 0. The molecule has 0 atom stereocenters. The lowest BCUT2D eigenvalue weighted by Gasteiger charge is -2.16. The highest BCUT2D eigenvalue weighted by Crippen LogP contribution is 2.22. The standard InChI is InChI=1S/C15H12N6O/c1-20-6-7-21(15(20)22)13-4-2-12(3-5-13)19-14(10-18)11(8-16)9-17/h2-5,19H,6-7H2,1H3. The first-order valence-electron chi connectivity index (χ1n) is 6.45. The van der Waals surface area contributed by atoms with Gasteiger partial charge in [0.2, 0.25) is 0 Å². The molecular formula is C15H12N6O. The van der Waals surface area contributed by atoms with Gasteiger partial charge in [-0.15, -0.1) is 0 Å². The number of anilines is 2. The Bertz CT molecular complexity index is 728. The molecule has 2 amide bonds. The van der Waals surface area contributed by atoms with Crippen LogP contribution >= 0.6 is 0 Å². The number of carbonyl (C=O) groups is 1. The average molecular weight is 292 g/mol. The van der Waals surface area contributed by atoms with Crippen LogP contribution < -0.4 is 10.2 Å². The van der Waals surface area contributed by atoms with E-state index in [2.05, 4.69) is 5.32 Å². The Morgan fingerprint density at radius 1 is 1.09 bits per heavy atom. The summed E-state index contributed by atoms with van der Waals surface area (Å²) in [7, 11) is 1.74. The highest BCUT2D eigenvalue weighted by atomic mass is 16.2. The second-order valence-corrected chi connectivity index (χ2v) is 4.61. The van der Waals surface area contributed by atoms with Gasteiger partial charge in [-0.25, -0.2) is 4.79 Å². The molecule has 0 aliphatic carbocycles. The number of nitrogens with zero attached hydrogens (tertiary/aromatic N) is 5. The normalized spacial score (nSPS) is 13.1. The van der Waals surface area contributed by atoms with Gasteiger partial charge in [-0.05, 0) is 24.3 Å². The van der Waals surface area contributed by atoms with E-state index in [9.17, 15) is 4.79 Å². The Hall–Kier alpha value is -3.50. The van der Waals surface area contributed by atoms with E-state index < -0.39 is 0 Å². The van der Waals surface area contributed by atoms with Crippen LogP contribution in [-0.2, 0) is 0 Å². The topological polar surface area (TPSA) is 107 Å². The van der Waals surface area contributed by atoms with E-state index in [1.807, 2.05) is 0 Å². The van der Waals surface area contributed by atoms with E-state index >= 15 is 0 Å². The smallest absolute Gasteiger partial charge is 0.324 e. The molecule has 1 saturated heterocycles. The fourth-order valence-electron chi connectivity index (χ4n) is 2.04. The number of hydrogen-bond donors (Lipinski definition) is 1. The van der Waals surface area contributed by atoms with Crippen LogP contribution in [-0.4, -0.2) is 31.1 Å².